The molecular formula is C22H30Cl4F3N3OS. The van der Waals surface area contributed by atoms with Gasteiger partial charge < -0.3 is 16.0 Å². The zero-order chi connectivity index (χ0) is 25.8. The number of thiocarbonyl (C=S) groups is 1. The first kappa shape index (κ1) is 31.4. The third kappa shape index (κ3) is 12.9. The Morgan fingerprint density at radius 2 is 1.53 bits per heavy atom. The van der Waals surface area contributed by atoms with Gasteiger partial charge >= 0.3 is 6.18 Å². The van der Waals surface area contributed by atoms with Crippen molar-refractivity contribution in [2.75, 3.05) is 5.32 Å². The fourth-order valence-corrected chi connectivity index (χ4v) is 3.84. The van der Waals surface area contributed by atoms with Crippen LogP contribution in [0.25, 0.3) is 0 Å². The smallest absolute Gasteiger partial charge is 0.339 e. The Balaban J connectivity index is 2.53. The van der Waals surface area contributed by atoms with E-state index in [1.54, 1.807) is 0 Å². The lowest BCUT2D eigenvalue weighted by Gasteiger charge is -2.28. The van der Waals surface area contributed by atoms with E-state index in [9.17, 15) is 18.0 Å². The Bertz CT molecular complexity index is 792. The fraction of sp³-hybridized carbons (Fsp3) is 0.636. The van der Waals surface area contributed by atoms with E-state index in [1.807, 2.05) is 0 Å². The molecule has 1 unspecified atom stereocenters. The quantitative estimate of drug-likeness (QED) is 0.0946. The van der Waals surface area contributed by atoms with E-state index < -0.39 is 21.7 Å². The van der Waals surface area contributed by atoms with E-state index in [2.05, 4.69) is 22.9 Å². The number of unbranched alkanes of at least 4 members (excludes halogenated alkanes) is 8. The van der Waals surface area contributed by atoms with Gasteiger partial charge in [-0.05, 0) is 36.8 Å². The van der Waals surface area contributed by atoms with Crippen LogP contribution in [0, 0.1) is 0 Å². The first-order valence-electron chi connectivity index (χ1n) is 11.1. The van der Waals surface area contributed by atoms with Crippen molar-refractivity contribution in [3.05, 3.63) is 28.8 Å². The van der Waals surface area contributed by atoms with Gasteiger partial charge in [-0.3, -0.25) is 4.79 Å². The number of carbonyl (C=O) groups is 1. The van der Waals surface area contributed by atoms with Gasteiger partial charge in [-0.25, -0.2) is 0 Å². The number of rotatable bonds is 13. The Labute approximate surface area is 224 Å². The van der Waals surface area contributed by atoms with E-state index in [-0.39, 0.29) is 28.2 Å². The molecule has 0 aliphatic rings. The SMILES string of the molecule is CCCCCCCCCCCC(=O)NC(NC(=S)Nc1cc(C(F)(F)F)ccc1Cl)C(Cl)(Cl)Cl. The Morgan fingerprint density at radius 3 is 2.06 bits per heavy atom. The van der Waals surface area contributed by atoms with E-state index >= 15 is 0 Å². The van der Waals surface area contributed by atoms with Crippen LogP contribution in [0.4, 0.5) is 18.9 Å². The zero-order valence-corrected chi connectivity index (χ0v) is 22.7. The first-order valence-corrected chi connectivity index (χ1v) is 13.1. The summed E-state index contributed by atoms with van der Waals surface area (Å²) in [6, 6.07) is 2.75. The number of amides is 1. The normalized spacial score (nSPS) is 12.8. The summed E-state index contributed by atoms with van der Waals surface area (Å²) in [7, 11) is 0. The average molecular weight is 583 g/mol. The monoisotopic (exact) mass is 581 g/mol. The average Bonchev–Trinajstić information content (AvgIpc) is 2.72. The predicted octanol–water partition coefficient (Wildman–Crippen LogP) is 8.38. The second kappa shape index (κ2) is 15.4. The second-order valence-corrected chi connectivity index (χ2v) is 11.1. The number of halogens is 7. The van der Waals surface area contributed by atoms with Crippen LogP contribution in [0.3, 0.4) is 0 Å². The molecular weight excluding hydrogens is 553 g/mol. The van der Waals surface area contributed by atoms with Gasteiger partial charge in [0.15, 0.2) is 5.11 Å². The van der Waals surface area contributed by atoms with Crippen molar-refractivity contribution < 1.29 is 18.0 Å². The van der Waals surface area contributed by atoms with Crippen LogP contribution in [-0.2, 0) is 11.0 Å². The van der Waals surface area contributed by atoms with Crippen LogP contribution < -0.4 is 16.0 Å². The number of anilines is 1. The maximum absolute atomic E-state index is 13.0. The molecule has 1 amide bonds. The highest BCUT2D eigenvalue weighted by Crippen LogP contribution is 2.34. The van der Waals surface area contributed by atoms with Crippen molar-refractivity contribution in [3.63, 3.8) is 0 Å². The highest BCUT2D eigenvalue weighted by molar-refractivity contribution is 7.80. The molecule has 3 N–H and O–H groups in total. The maximum atomic E-state index is 13.0. The fourth-order valence-electron chi connectivity index (χ4n) is 3.12. The molecule has 0 fully saturated rings. The summed E-state index contributed by atoms with van der Waals surface area (Å²) in [5.41, 5.74) is -0.993. The Kier molecular flexibility index (Phi) is 14.2. The molecule has 0 spiro atoms. The van der Waals surface area contributed by atoms with Crippen LogP contribution in [0.2, 0.25) is 5.02 Å². The number of carbonyl (C=O) groups excluding carboxylic acids is 1. The van der Waals surface area contributed by atoms with Gasteiger partial charge in [0.2, 0.25) is 9.70 Å². The number of hydrogen-bond donors (Lipinski definition) is 3. The molecule has 0 heterocycles. The summed E-state index contributed by atoms with van der Waals surface area (Å²) in [6.45, 7) is 2.18. The number of alkyl halides is 6. The van der Waals surface area contributed by atoms with Crippen LogP contribution in [0.1, 0.15) is 76.7 Å². The van der Waals surface area contributed by atoms with Crippen molar-refractivity contribution in [1.82, 2.24) is 10.6 Å². The molecule has 12 heteroatoms. The van der Waals surface area contributed by atoms with Crippen LogP contribution in [0.15, 0.2) is 18.2 Å². The van der Waals surface area contributed by atoms with Crippen molar-refractivity contribution in [2.45, 2.75) is 87.3 Å². The third-order valence-corrected chi connectivity index (χ3v) is 6.16. The van der Waals surface area contributed by atoms with Gasteiger partial charge in [-0.15, -0.1) is 0 Å². The van der Waals surface area contributed by atoms with Crippen LogP contribution in [-0.4, -0.2) is 21.0 Å². The van der Waals surface area contributed by atoms with Gasteiger partial charge in [-0.1, -0.05) is 105 Å². The lowest BCUT2D eigenvalue weighted by atomic mass is 10.1. The topological polar surface area (TPSA) is 53.2 Å². The third-order valence-electron chi connectivity index (χ3n) is 4.96. The van der Waals surface area contributed by atoms with E-state index in [1.165, 1.54) is 32.1 Å². The molecule has 0 radical (unpaired) electrons. The minimum absolute atomic E-state index is 0.0111. The largest absolute Gasteiger partial charge is 0.416 e. The Morgan fingerprint density at radius 1 is 0.971 bits per heavy atom. The lowest BCUT2D eigenvalue weighted by Crippen LogP contribution is -2.56. The number of nitrogens with one attached hydrogen (secondary N) is 3. The summed E-state index contributed by atoms with van der Waals surface area (Å²) in [5, 5.41) is 7.55. The zero-order valence-electron chi connectivity index (χ0n) is 18.8. The van der Waals surface area contributed by atoms with Crippen molar-refractivity contribution in [1.29, 1.82) is 0 Å². The molecule has 0 aliphatic carbocycles. The van der Waals surface area contributed by atoms with Gasteiger partial charge in [0.05, 0.1) is 16.3 Å². The maximum Gasteiger partial charge on any atom is 0.416 e. The molecule has 1 atom stereocenters. The van der Waals surface area contributed by atoms with Crippen molar-refractivity contribution >= 4 is 75.3 Å². The first-order chi connectivity index (χ1) is 15.8. The van der Waals surface area contributed by atoms with Crippen LogP contribution in [0.5, 0.6) is 0 Å². The predicted molar refractivity (Wildman–Crippen MR) is 140 cm³/mol. The molecule has 0 saturated heterocycles. The summed E-state index contributed by atoms with van der Waals surface area (Å²) < 4.78 is 36.9. The van der Waals surface area contributed by atoms with Gasteiger partial charge in [-0.2, -0.15) is 13.2 Å². The molecule has 0 aliphatic heterocycles. The molecule has 1 aromatic rings. The van der Waals surface area contributed by atoms with E-state index in [0.717, 1.165) is 37.5 Å². The van der Waals surface area contributed by atoms with Gasteiger partial charge in [0, 0.05) is 6.42 Å². The molecule has 1 rings (SSSR count). The summed E-state index contributed by atoms with van der Waals surface area (Å²) >= 11 is 28.9. The van der Waals surface area contributed by atoms with E-state index in [0.29, 0.717) is 6.42 Å². The van der Waals surface area contributed by atoms with Crippen molar-refractivity contribution in [2.24, 2.45) is 0 Å². The van der Waals surface area contributed by atoms with Crippen molar-refractivity contribution in [3.8, 4) is 0 Å². The number of benzene rings is 1. The van der Waals surface area contributed by atoms with Gasteiger partial charge in [0.1, 0.15) is 6.17 Å². The number of hydrogen-bond acceptors (Lipinski definition) is 2. The standard InChI is InChI=1S/C22H30Cl4F3N3OS/c1-2-3-4-5-6-7-8-9-10-11-18(33)31-19(21(24,25)26)32-20(34)30-17-14-15(22(27,28)29)12-13-16(17)23/h12-14,19H,2-11H2,1H3,(H,31,33)(H2,30,32,34). The highest BCUT2D eigenvalue weighted by atomic mass is 35.6. The molecule has 34 heavy (non-hydrogen) atoms. The van der Waals surface area contributed by atoms with Gasteiger partial charge in [0.25, 0.3) is 0 Å². The molecule has 0 saturated carbocycles. The molecule has 194 valence electrons. The lowest BCUT2D eigenvalue weighted by molar-refractivity contribution is -0.137. The minimum atomic E-state index is -4.56. The Hall–Kier alpha value is -0.670. The second-order valence-electron chi connectivity index (χ2n) is 7.91. The molecule has 0 bridgehead atoms. The van der Waals surface area contributed by atoms with E-state index in [4.69, 9.17) is 58.6 Å². The summed E-state index contributed by atoms with van der Waals surface area (Å²) in [6.07, 6.45) is 4.47. The molecule has 0 aromatic heterocycles. The summed E-state index contributed by atoms with van der Waals surface area (Å²) in [5.74, 6) is -0.341. The summed E-state index contributed by atoms with van der Waals surface area (Å²) in [4.78, 5) is 12.3. The highest BCUT2D eigenvalue weighted by Gasteiger charge is 2.35. The molecule has 1 aromatic carbocycles. The van der Waals surface area contributed by atoms with Crippen LogP contribution >= 0.6 is 58.6 Å². The minimum Gasteiger partial charge on any atom is -0.339 e. The molecule has 4 nitrogen and oxygen atoms in total.